The molecule has 0 aliphatic heterocycles. The fourth-order valence-electron chi connectivity index (χ4n) is 2.00. The summed E-state index contributed by atoms with van der Waals surface area (Å²) in [4.78, 5) is 24.3. The molecule has 6 heteroatoms. The fourth-order valence-corrected chi connectivity index (χ4v) is 2.13. The zero-order valence-electron chi connectivity index (χ0n) is 11.2. The van der Waals surface area contributed by atoms with Gasteiger partial charge >= 0.3 is 12.0 Å². The molecule has 0 bridgehead atoms. The van der Waals surface area contributed by atoms with E-state index >= 15 is 0 Å². The Kier molecular flexibility index (Phi) is 4.49. The van der Waals surface area contributed by atoms with Crippen molar-refractivity contribution in [1.29, 1.82) is 0 Å². The van der Waals surface area contributed by atoms with E-state index in [4.69, 9.17) is 16.7 Å². The third kappa shape index (κ3) is 3.87. The van der Waals surface area contributed by atoms with Crippen LogP contribution in [0, 0.1) is 0 Å². The summed E-state index contributed by atoms with van der Waals surface area (Å²) >= 11 is 5.82. The van der Waals surface area contributed by atoms with Crippen LogP contribution in [0.5, 0.6) is 0 Å². The van der Waals surface area contributed by atoms with Crippen molar-refractivity contribution < 1.29 is 14.7 Å². The van der Waals surface area contributed by atoms with E-state index in [0.29, 0.717) is 5.02 Å². The quantitative estimate of drug-likeness (QED) is 0.877. The van der Waals surface area contributed by atoms with Crippen LogP contribution >= 0.6 is 11.6 Å². The van der Waals surface area contributed by atoms with Gasteiger partial charge < -0.3 is 15.3 Å². The minimum atomic E-state index is -0.994. The number of hydrogen-bond acceptors (Lipinski definition) is 2. The molecule has 20 heavy (non-hydrogen) atoms. The van der Waals surface area contributed by atoms with Gasteiger partial charge in [-0.05, 0) is 37.5 Å². The van der Waals surface area contributed by atoms with E-state index in [2.05, 4.69) is 5.32 Å². The standard InChI is InChI=1S/C14H17ClN2O3/c1-9(10-2-4-11(15)5-3-10)16-14(20)17(8-13(18)19)12-6-7-12/h2-5,9,12H,6-8H2,1H3,(H,16,20)(H,18,19). The zero-order chi connectivity index (χ0) is 14.7. The summed E-state index contributed by atoms with van der Waals surface area (Å²) in [7, 11) is 0. The van der Waals surface area contributed by atoms with E-state index in [9.17, 15) is 9.59 Å². The number of benzene rings is 1. The predicted octanol–water partition coefficient (Wildman–Crippen LogP) is 2.66. The molecule has 2 N–H and O–H groups in total. The summed E-state index contributed by atoms with van der Waals surface area (Å²) in [5.74, 6) is -0.994. The van der Waals surface area contributed by atoms with Gasteiger partial charge in [-0.2, -0.15) is 0 Å². The second-order valence-corrected chi connectivity index (χ2v) is 5.41. The Morgan fingerprint density at radius 1 is 1.40 bits per heavy atom. The van der Waals surface area contributed by atoms with Crippen LogP contribution in [0.1, 0.15) is 31.4 Å². The second kappa shape index (κ2) is 6.13. The number of aliphatic carboxylic acids is 1. The molecule has 108 valence electrons. The van der Waals surface area contributed by atoms with Gasteiger partial charge in [0.2, 0.25) is 0 Å². The van der Waals surface area contributed by atoms with E-state index in [1.165, 1.54) is 4.90 Å². The van der Waals surface area contributed by atoms with E-state index in [1.807, 2.05) is 19.1 Å². The lowest BCUT2D eigenvalue weighted by molar-refractivity contribution is -0.137. The number of rotatable bonds is 5. The zero-order valence-corrected chi connectivity index (χ0v) is 11.9. The highest BCUT2D eigenvalue weighted by molar-refractivity contribution is 6.30. The Balaban J connectivity index is 1.98. The number of nitrogens with one attached hydrogen (secondary N) is 1. The molecule has 0 saturated heterocycles. The van der Waals surface area contributed by atoms with Gasteiger partial charge in [0, 0.05) is 11.1 Å². The molecule has 0 radical (unpaired) electrons. The summed E-state index contributed by atoms with van der Waals surface area (Å²) < 4.78 is 0. The molecule has 5 nitrogen and oxygen atoms in total. The average molecular weight is 297 g/mol. The Labute approximate surface area is 122 Å². The van der Waals surface area contributed by atoms with Gasteiger partial charge in [-0.15, -0.1) is 0 Å². The topological polar surface area (TPSA) is 69.6 Å². The van der Waals surface area contributed by atoms with Gasteiger partial charge in [0.15, 0.2) is 0 Å². The maximum atomic E-state index is 12.1. The maximum absolute atomic E-state index is 12.1. The molecule has 2 rings (SSSR count). The van der Waals surface area contributed by atoms with Crippen LogP contribution in [0.15, 0.2) is 24.3 Å². The number of nitrogens with zero attached hydrogens (tertiary/aromatic N) is 1. The molecular weight excluding hydrogens is 280 g/mol. The van der Waals surface area contributed by atoms with Crippen molar-refractivity contribution >= 4 is 23.6 Å². The molecule has 1 atom stereocenters. The number of urea groups is 1. The van der Waals surface area contributed by atoms with Gasteiger partial charge in [0.05, 0.1) is 6.04 Å². The number of carboxylic acid groups (broad SMARTS) is 1. The Hall–Kier alpha value is -1.75. The van der Waals surface area contributed by atoms with Gasteiger partial charge in [-0.25, -0.2) is 4.79 Å². The monoisotopic (exact) mass is 296 g/mol. The van der Waals surface area contributed by atoms with Crippen molar-refractivity contribution in [2.45, 2.75) is 31.8 Å². The van der Waals surface area contributed by atoms with Crippen molar-refractivity contribution in [2.75, 3.05) is 6.54 Å². The molecule has 1 aromatic carbocycles. The predicted molar refractivity (Wildman–Crippen MR) is 75.8 cm³/mol. The highest BCUT2D eigenvalue weighted by Crippen LogP contribution is 2.27. The van der Waals surface area contributed by atoms with Gasteiger partial charge in [-0.3, -0.25) is 4.79 Å². The highest BCUT2D eigenvalue weighted by atomic mass is 35.5. The van der Waals surface area contributed by atoms with E-state index in [0.717, 1.165) is 18.4 Å². The molecule has 1 aliphatic carbocycles. The molecule has 1 fully saturated rings. The molecule has 1 aromatic rings. The first-order valence-electron chi connectivity index (χ1n) is 6.51. The third-order valence-corrected chi connectivity index (χ3v) is 3.52. The van der Waals surface area contributed by atoms with Crippen LogP contribution in [0.2, 0.25) is 5.02 Å². The lowest BCUT2D eigenvalue weighted by Gasteiger charge is -2.23. The number of carbonyl (C=O) groups excluding carboxylic acids is 1. The van der Waals surface area contributed by atoms with Crippen molar-refractivity contribution in [3.8, 4) is 0 Å². The van der Waals surface area contributed by atoms with Crippen LogP contribution < -0.4 is 5.32 Å². The first kappa shape index (κ1) is 14.7. The smallest absolute Gasteiger partial charge is 0.323 e. The van der Waals surface area contributed by atoms with Gasteiger partial charge in [-0.1, -0.05) is 23.7 Å². The number of halogens is 1. The van der Waals surface area contributed by atoms with Crippen molar-refractivity contribution in [3.63, 3.8) is 0 Å². The summed E-state index contributed by atoms with van der Waals surface area (Å²) in [6, 6.07) is 6.72. The summed E-state index contributed by atoms with van der Waals surface area (Å²) in [6.45, 7) is 1.59. The summed E-state index contributed by atoms with van der Waals surface area (Å²) in [6.07, 6.45) is 1.74. The summed E-state index contributed by atoms with van der Waals surface area (Å²) in [5, 5.41) is 12.3. The molecule has 2 amide bonds. The molecular formula is C14H17ClN2O3. The molecule has 0 heterocycles. The second-order valence-electron chi connectivity index (χ2n) is 4.98. The Morgan fingerprint density at radius 3 is 2.50 bits per heavy atom. The first-order valence-corrected chi connectivity index (χ1v) is 6.89. The molecule has 1 unspecified atom stereocenters. The number of carbonyl (C=O) groups is 2. The molecule has 0 spiro atoms. The lowest BCUT2D eigenvalue weighted by Crippen LogP contribution is -2.44. The molecule has 1 aliphatic rings. The largest absolute Gasteiger partial charge is 0.480 e. The highest BCUT2D eigenvalue weighted by Gasteiger charge is 2.34. The number of hydrogen-bond donors (Lipinski definition) is 2. The van der Waals surface area contributed by atoms with Crippen molar-refractivity contribution in [1.82, 2.24) is 10.2 Å². The van der Waals surface area contributed by atoms with E-state index < -0.39 is 5.97 Å². The fraction of sp³-hybridized carbons (Fsp3) is 0.429. The minimum Gasteiger partial charge on any atom is -0.480 e. The Morgan fingerprint density at radius 2 is 2.00 bits per heavy atom. The van der Waals surface area contributed by atoms with Crippen LogP contribution in [0.25, 0.3) is 0 Å². The Bertz CT molecular complexity index is 500. The SMILES string of the molecule is CC(NC(=O)N(CC(=O)O)C1CC1)c1ccc(Cl)cc1. The minimum absolute atomic E-state index is 0.0588. The normalized spacial score (nSPS) is 15.5. The van der Waals surface area contributed by atoms with Gasteiger partial charge in [0.25, 0.3) is 0 Å². The first-order chi connectivity index (χ1) is 9.47. The third-order valence-electron chi connectivity index (χ3n) is 3.26. The van der Waals surface area contributed by atoms with E-state index in [-0.39, 0.29) is 24.7 Å². The van der Waals surface area contributed by atoms with E-state index in [1.54, 1.807) is 12.1 Å². The summed E-state index contributed by atoms with van der Waals surface area (Å²) in [5.41, 5.74) is 0.925. The lowest BCUT2D eigenvalue weighted by atomic mass is 10.1. The molecule has 0 aromatic heterocycles. The number of amides is 2. The maximum Gasteiger partial charge on any atom is 0.323 e. The number of carboxylic acids is 1. The van der Waals surface area contributed by atoms with Crippen LogP contribution in [0.3, 0.4) is 0 Å². The van der Waals surface area contributed by atoms with Crippen LogP contribution in [-0.4, -0.2) is 34.6 Å². The van der Waals surface area contributed by atoms with Crippen LogP contribution in [0.4, 0.5) is 4.79 Å². The average Bonchev–Trinajstić information content (AvgIpc) is 3.20. The van der Waals surface area contributed by atoms with Crippen molar-refractivity contribution in [3.05, 3.63) is 34.9 Å². The van der Waals surface area contributed by atoms with Gasteiger partial charge in [0.1, 0.15) is 6.54 Å². The van der Waals surface area contributed by atoms with Crippen LogP contribution in [-0.2, 0) is 4.79 Å². The van der Waals surface area contributed by atoms with Crippen molar-refractivity contribution in [2.24, 2.45) is 0 Å². The molecule has 1 saturated carbocycles.